The molecule has 3 N–H and O–H groups in total. The van der Waals surface area contributed by atoms with Crippen LogP contribution in [0.4, 0.5) is 0 Å². The molecule has 0 aliphatic rings. The Morgan fingerprint density at radius 2 is 0.593 bits per heavy atom. The zero-order valence-electron chi connectivity index (χ0n) is 55.6. The Bertz CT molecular complexity index is 1690. The molecule has 0 rings (SSSR count). The minimum atomic E-state index is -4.95. The fraction of sp³-hybridized carbons (Fsp3) is 0.940. The van der Waals surface area contributed by atoms with Gasteiger partial charge >= 0.3 is 39.5 Å². The number of unbranched alkanes of at least 4 members (excludes halogenated alkanes) is 35. The first-order valence-corrected chi connectivity index (χ1v) is 38.0. The number of phosphoric ester groups is 2. The van der Waals surface area contributed by atoms with Crippen LogP contribution >= 0.6 is 15.6 Å². The summed E-state index contributed by atoms with van der Waals surface area (Å²) < 4.78 is 68.0. The van der Waals surface area contributed by atoms with Crippen LogP contribution in [0, 0.1) is 11.8 Å². The Balaban J connectivity index is 5.18. The number of hydrogen-bond donors (Lipinski definition) is 3. The van der Waals surface area contributed by atoms with Crippen molar-refractivity contribution >= 4 is 39.5 Å². The molecular formula is C67H130O17P2. The molecule has 0 saturated heterocycles. The molecule has 86 heavy (non-hydrogen) atoms. The highest BCUT2D eigenvalue weighted by atomic mass is 31.2. The van der Waals surface area contributed by atoms with Gasteiger partial charge in [-0.3, -0.25) is 37.3 Å². The summed E-state index contributed by atoms with van der Waals surface area (Å²) in [6, 6.07) is 0. The molecule has 19 heteroatoms. The van der Waals surface area contributed by atoms with Gasteiger partial charge in [0, 0.05) is 25.7 Å². The van der Waals surface area contributed by atoms with Crippen LogP contribution in [0.1, 0.15) is 337 Å². The van der Waals surface area contributed by atoms with E-state index in [1.54, 1.807) is 0 Å². The van der Waals surface area contributed by atoms with Crippen molar-refractivity contribution in [2.24, 2.45) is 11.8 Å². The Labute approximate surface area is 524 Å². The molecule has 0 aromatic rings. The van der Waals surface area contributed by atoms with Gasteiger partial charge in [0.2, 0.25) is 0 Å². The fourth-order valence-electron chi connectivity index (χ4n) is 10.0. The van der Waals surface area contributed by atoms with Crippen molar-refractivity contribution in [3.05, 3.63) is 0 Å². The molecule has 0 amide bonds. The van der Waals surface area contributed by atoms with Crippen molar-refractivity contribution in [3.8, 4) is 0 Å². The summed E-state index contributed by atoms with van der Waals surface area (Å²) in [5, 5.41) is 10.5. The third-order valence-corrected chi connectivity index (χ3v) is 17.7. The first-order chi connectivity index (χ1) is 41.4. The average molecular weight is 1270 g/mol. The quantitative estimate of drug-likeness (QED) is 0.0222. The van der Waals surface area contributed by atoms with Crippen LogP contribution in [0.5, 0.6) is 0 Å². The van der Waals surface area contributed by atoms with E-state index in [2.05, 4.69) is 41.5 Å². The average Bonchev–Trinajstić information content (AvgIpc) is 3.67. The van der Waals surface area contributed by atoms with Gasteiger partial charge in [0.25, 0.3) is 0 Å². The molecule has 0 aliphatic carbocycles. The number of phosphoric acid groups is 2. The third-order valence-electron chi connectivity index (χ3n) is 15.8. The summed E-state index contributed by atoms with van der Waals surface area (Å²) in [6.45, 7) is 9.50. The van der Waals surface area contributed by atoms with E-state index in [0.29, 0.717) is 25.7 Å². The number of aliphatic hydroxyl groups excluding tert-OH is 1. The molecule has 0 aromatic heterocycles. The molecule has 0 spiro atoms. The Morgan fingerprint density at radius 1 is 0.337 bits per heavy atom. The summed E-state index contributed by atoms with van der Waals surface area (Å²) in [6.07, 6.45) is 43.1. The molecule has 6 atom stereocenters. The van der Waals surface area contributed by atoms with Crippen LogP contribution in [0.3, 0.4) is 0 Å². The van der Waals surface area contributed by atoms with Gasteiger partial charge in [0.05, 0.1) is 26.4 Å². The van der Waals surface area contributed by atoms with Gasteiger partial charge in [-0.05, 0) is 37.5 Å². The fourth-order valence-corrected chi connectivity index (χ4v) is 11.6. The van der Waals surface area contributed by atoms with Crippen LogP contribution in [0.15, 0.2) is 0 Å². The van der Waals surface area contributed by atoms with E-state index in [-0.39, 0.29) is 25.7 Å². The number of esters is 4. The van der Waals surface area contributed by atoms with Gasteiger partial charge in [0.1, 0.15) is 19.3 Å². The van der Waals surface area contributed by atoms with Crippen LogP contribution in [0.25, 0.3) is 0 Å². The smallest absolute Gasteiger partial charge is 0.462 e. The summed E-state index contributed by atoms with van der Waals surface area (Å²) in [5.74, 6) is -0.544. The normalized spacial score (nSPS) is 14.5. The predicted octanol–water partition coefficient (Wildman–Crippen LogP) is 18.8. The lowest BCUT2D eigenvalue weighted by Gasteiger charge is -2.21. The minimum Gasteiger partial charge on any atom is -0.462 e. The van der Waals surface area contributed by atoms with Crippen molar-refractivity contribution in [3.63, 3.8) is 0 Å². The lowest BCUT2D eigenvalue weighted by atomic mass is 9.99. The highest BCUT2D eigenvalue weighted by molar-refractivity contribution is 7.47. The van der Waals surface area contributed by atoms with E-state index >= 15 is 0 Å². The SMILES string of the molecule is CCCCCCCCCCC(=O)OC[C@H](COP(=O)(O)OC[C@H](O)COP(=O)(O)OC[C@@H](COC(=O)CCCCCCCCCCCC(C)C)OC(=O)CCCCCCCCCCCCCCCCC(C)CC)OC(=O)CCCCCCCCCC. The summed E-state index contributed by atoms with van der Waals surface area (Å²) >= 11 is 0. The first kappa shape index (κ1) is 84.1. The number of hydrogen-bond acceptors (Lipinski definition) is 15. The largest absolute Gasteiger partial charge is 0.472 e. The molecule has 0 fully saturated rings. The second-order valence-corrected chi connectivity index (χ2v) is 27.8. The van der Waals surface area contributed by atoms with E-state index in [0.717, 1.165) is 115 Å². The molecule has 0 saturated carbocycles. The van der Waals surface area contributed by atoms with Gasteiger partial charge in [-0.2, -0.15) is 0 Å². The van der Waals surface area contributed by atoms with Crippen LogP contribution < -0.4 is 0 Å². The molecule has 510 valence electrons. The van der Waals surface area contributed by atoms with Crippen LogP contribution in [-0.2, 0) is 65.4 Å². The maximum atomic E-state index is 13.0. The number of carbonyl (C=O) groups excluding carboxylic acids is 4. The molecule has 0 aromatic carbocycles. The molecule has 0 radical (unpaired) electrons. The van der Waals surface area contributed by atoms with E-state index in [4.69, 9.17) is 37.0 Å². The lowest BCUT2D eigenvalue weighted by molar-refractivity contribution is -0.161. The van der Waals surface area contributed by atoms with E-state index < -0.39 is 97.5 Å². The van der Waals surface area contributed by atoms with Gasteiger partial charge in [-0.25, -0.2) is 9.13 Å². The highest BCUT2D eigenvalue weighted by Crippen LogP contribution is 2.45. The van der Waals surface area contributed by atoms with Crippen molar-refractivity contribution in [2.75, 3.05) is 39.6 Å². The lowest BCUT2D eigenvalue weighted by Crippen LogP contribution is -2.30. The Hall–Kier alpha value is -1.94. The second-order valence-electron chi connectivity index (χ2n) is 24.9. The van der Waals surface area contributed by atoms with Gasteiger partial charge in [0.15, 0.2) is 12.2 Å². The summed E-state index contributed by atoms with van der Waals surface area (Å²) in [4.78, 5) is 72.2. The molecular weight excluding hydrogens is 1140 g/mol. The van der Waals surface area contributed by atoms with E-state index in [1.165, 1.54) is 141 Å². The van der Waals surface area contributed by atoms with Gasteiger partial charge in [-0.1, -0.05) is 286 Å². The highest BCUT2D eigenvalue weighted by Gasteiger charge is 2.30. The molecule has 3 unspecified atom stereocenters. The van der Waals surface area contributed by atoms with Crippen LogP contribution in [0.2, 0.25) is 0 Å². The maximum absolute atomic E-state index is 13.0. The molecule has 0 heterocycles. The van der Waals surface area contributed by atoms with Gasteiger partial charge < -0.3 is 33.8 Å². The summed E-state index contributed by atoms with van der Waals surface area (Å²) in [5.41, 5.74) is 0. The van der Waals surface area contributed by atoms with Crippen molar-refractivity contribution in [2.45, 2.75) is 355 Å². The molecule has 0 bridgehead atoms. The zero-order valence-corrected chi connectivity index (χ0v) is 57.4. The summed E-state index contributed by atoms with van der Waals surface area (Å²) in [7, 11) is -9.89. The standard InChI is InChI=1S/C67H130O17P2/c1-7-10-12-14-16-31-37-43-49-64(69)77-55-62(83-66(71)51-45-39-32-17-15-13-11-8-2)57-81-85(73,74)79-53-61(68)54-80-86(75,76)82-58-63(56-78-65(70)50-44-38-33-28-24-25-29-35-41-47-59(4)5)84-67(72)52-46-40-34-27-23-21-19-18-20-22-26-30-36-42-48-60(6)9-3/h59-63,68H,7-58H2,1-6H3,(H,73,74)(H,75,76)/t60?,61-,62+,63+/m0/s1. The Kier molecular flexibility index (Phi) is 58.0. The third kappa shape index (κ3) is 59.7. The molecule has 17 nitrogen and oxygen atoms in total. The zero-order chi connectivity index (χ0) is 63.6. The van der Waals surface area contributed by atoms with E-state index in [1.807, 2.05) is 0 Å². The number of ether oxygens (including phenoxy) is 4. The number of carbonyl (C=O) groups is 4. The van der Waals surface area contributed by atoms with E-state index in [9.17, 15) is 43.2 Å². The van der Waals surface area contributed by atoms with Crippen molar-refractivity contribution in [1.82, 2.24) is 0 Å². The monoisotopic (exact) mass is 1270 g/mol. The number of aliphatic hydroxyl groups is 1. The Morgan fingerprint density at radius 3 is 0.884 bits per heavy atom. The van der Waals surface area contributed by atoms with Crippen molar-refractivity contribution in [1.29, 1.82) is 0 Å². The maximum Gasteiger partial charge on any atom is 0.472 e. The second kappa shape index (κ2) is 59.4. The minimum absolute atomic E-state index is 0.105. The predicted molar refractivity (Wildman–Crippen MR) is 345 cm³/mol. The van der Waals surface area contributed by atoms with Crippen LogP contribution in [-0.4, -0.2) is 96.7 Å². The van der Waals surface area contributed by atoms with Crippen molar-refractivity contribution < 1.29 is 80.2 Å². The van der Waals surface area contributed by atoms with Gasteiger partial charge in [-0.15, -0.1) is 0 Å². The molecule has 0 aliphatic heterocycles. The topological polar surface area (TPSA) is 237 Å². The first-order valence-electron chi connectivity index (χ1n) is 35.0. The number of rotatable bonds is 66.